The molecule has 0 spiro atoms. The first-order chi connectivity index (χ1) is 8.15. The van der Waals surface area contributed by atoms with E-state index in [4.69, 9.17) is 0 Å². The number of aromatic amines is 1. The molecule has 0 saturated carbocycles. The van der Waals surface area contributed by atoms with E-state index >= 15 is 0 Å². The molecule has 0 saturated heterocycles. The van der Waals surface area contributed by atoms with Crippen LogP contribution >= 0.6 is 11.3 Å². The van der Waals surface area contributed by atoms with E-state index in [0.29, 0.717) is 12.1 Å². The molecule has 0 aliphatic carbocycles. The molecule has 2 aromatic rings. The van der Waals surface area contributed by atoms with Crippen LogP contribution in [-0.2, 0) is 6.54 Å². The summed E-state index contributed by atoms with van der Waals surface area (Å²) in [6.45, 7) is 2.31. The predicted molar refractivity (Wildman–Crippen MR) is 65.1 cm³/mol. The quantitative estimate of drug-likeness (QED) is 0.854. The monoisotopic (exact) mass is 249 g/mol. The molecule has 0 unspecified atom stereocenters. The zero-order chi connectivity index (χ0) is 12.3. The van der Waals surface area contributed by atoms with Crippen molar-refractivity contribution in [3.8, 4) is 0 Å². The molecule has 0 aliphatic heterocycles. The van der Waals surface area contributed by atoms with E-state index in [9.17, 15) is 9.59 Å². The molecule has 2 heterocycles. The van der Waals surface area contributed by atoms with Crippen LogP contribution in [0.3, 0.4) is 0 Å². The Morgan fingerprint density at radius 3 is 2.94 bits per heavy atom. The number of aryl methyl sites for hydroxylation is 1. The number of hydrogen-bond donors (Lipinski definition) is 2. The molecule has 0 aromatic carbocycles. The van der Waals surface area contributed by atoms with Crippen molar-refractivity contribution in [2.75, 3.05) is 0 Å². The Bertz CT molecular complexity index is 568. The van der Waals surface area contributed by atoms with Crippen LogP contribution in [0.5, 0.6) is 0 Å². The third-order valence-corrected chi connectivity index (χ3v) is 3.08. The number of carbonyl (C=O) groups is 1. The van der Waals surface area contributed by atoms with Crippen LogP contribution in [0.1, 0.15) is 21.1 Å². The second-order valence-electron chi connectivity index (χ2n) is 3.51. The lowest BCUT2D eigenvalue weighted by Gasteiger charge is -2.02. The lowest BCUT2D eigenvalue weighted by Crippen LogP contribution is -2.23. The van der Waals surface area contributed by atoms with Crippen LogP contribution < -0.4 is 10.9 Å². The van der Waals surface area contributed by atoms with Gasteiger partial charge in [-0.25, -0.2) is 4.98 Å². The lowest BCUT2D eigenvalue weighted by atomic mass is 10.3. The van der Waals surface area contributed by atoms with Gasteiger partial charge in [0.2, 0.25) is 5.56 Å². The molecule has 0 atom stereocenters. The van der Waals surface area contributed by atoms with Gasteiger partial charge in [0.05, 0.1) is 12.1 Å². The highest BCUT2D eigenvalue weighted by Crippen LogP contribution is 2.08. The van der Waals surface area contributed by atoms with Gasteiger partial charge in [-0.3, -0.25) is 9.59 Å². The number of hydrogen-bond acceptors (Lipinski definition) is 4. The zero-order valence-electron chi connectivity index (χ0n) is 9.19. The number of pyridine rings is 1. The third kappa shape index (κ3) is 3.01. The number of rotatable bonds is 3. The minimum absolute atomic E-state index is 0.225. The Morgan fingerprint density at radius 2 is 2.35 bits per heavy atom. The van der Waals surface area contributed by atoms with Gasteiger partial charge in [0.1, 0.15) is 5.01 Å². The van der Waals surface area contributed by atoms with Crippen molar-refractivity contribution in [2.24, 2.45) is 0 Å². The SMILES string of the molecule is Cc1csc(CNC(=O)c2ccc(=O)[nH]c2)n1. The molecule has 5 nitrogen and oxygen atoms in total. The first-order valence-corrected chi connectivity index (χ1v) is 5.91. The summed E-state index contributed by atoms with van der Waals surface area (Å²) in [5.41, 5.74) is 1.15. The summed E-state index contributed by atoms with van der Waals surface area (Å²) < 4.78 is 0. The fourth-order valence-corrected chi connectivity index (χ4v) is 2.01. The van der Waals surface area contributed by atoms with E-state index in [1.54, 1.807) is 0 Å². The second kappa shape index (κ2) is 4.92. The third-order valence-electron chi connectivity index (χ3n) is 2.11. The molecule has 17 heavy (non-hydrogen) atoms. The molecule has 2 N–H and O–H groups in total. The maximum atomic E-state index is 11.7. The maximum absolute atomic E-state index is 11.7. The Labute approximate surface area is 102 Å². The molecular weight excluding hydrogens is 238 g/mol. The topological polar surface area (TPSA) is 74.8 Å². The van der Waals surface area contributed by atoms with Crippen molar-refractivity contribution in [1.29, 1.82) is 0 Å². The van der Waals surface area contributed by atoms with Gasteiger partial charge in [-0.1, -0.05) is 0 Å². The Morgan fingerprint density at radius 1 is 1.53 bits per heavy atom. The van der Waals surface area contributed by atoms with Crippen molar-refractivity contribution in [1.82, 2.24) is 15.3 Å². The summed E-state index contributed by atoms with van der Waals surface area (Å²) in [5.74, 6) is -0.228. The fourth-order valence-electron chi connectivity index (χ4n) is 1.29. The average molecular weight is 249 g/mol. The smallest absolute Gasteiger partial charge is 0.253 e. The number of carbonyl (C=O) groups excluding carboxylic acids is 1. The van der Waals surface area contributed by atoms with Gasteiger partial charge in [0, 0.05) is 23.3 Å². The minimum atomic E-state index is -0.228. The van der Waals surface area contributed by atoms with Crippen molar-refractivity contribution < 1.29 is 4.79 Å². The Kier molecular flexibility index (Phi) is 3.34. The summed E-state index contributed by atoms with van der Waals surface area (Å²) in [5, 5.41) is 5.53. The van der Waals surface area contributed by atoms with E-state index in [2.05, 4.69) is 15.3 Å². The fraction of sp³-hybridized carbons (Fsp3) is 0.182. The largest absolute Gasteiger partial charge is 0.345 e. The second-order valence-corrected chi connectivity index (χ2v) is 4.45. The van der Waals surface area contributed by atoms with Gasteiger partial charge in [-0.15, -0.1) is 11.3 Å². The molecule has 6 heteroatoms. The number of nitrogens with zero attached hydrogens (tertiary/aromatic N) is 1. The highest BCUT2D eigenvalue weighted by atomic mass is 32.1. The number of nitrogens with one attached hydrogen (secondary N) is 2. The lowest BCUT2D eigenvalue weighted by molar-refractivity contribution is 0.0950. The van der Waals surface area contributed by atoms with Gasteiger partial charge >= 0.3 is 0 Å². The highest BCUT2D eigenvalue weighted by molar-refractivity contribution is 7.09. The highest BCUT2D eigenvalue weighted by Gasteiger charge is 2.06. The van der Waals surface area contributed by atoms with Crippen LogP contribution in [0.2, 0.25) is 0 Å². The van der Waals surface area contributed by atoms with Crippen molar-refractivity contribution in [2.45, 2.75) is 13.5 Å². The van der Waals surface area contributed by atoms with E-state index in [-0.39, 0.29) is 11.5 Å². The predicted octanol–water partition coefficient (Wildman–Crippen LogP) is 1.07. The van der Waals surface area contributed by atoms with E-state index in [1.807, 2.05) is 12.3 Å². The zero-order valence-corrected chi connectivity index (χ0v) is 10.0. The maximum Gasteiger partial charge on any atom is 0.253 e. The van der Waals surface area contributed by atoms with Crippen LogP contribution in [0.15, 0.2) is 28.5 Å². The standard InChI is InChI=1S/C11H11N3O2S/c1-7-6-17-10(14-7)5-13-11(16)8-2-3-9(15)12-4-8/h2-4,6H,5H2,1H3,(H,12,15)(H,13,16). The summed E-state index contributed by atoms with van der Waals surface area (Å²) in [6.07, 6.45) is 1.39. The molecule has 88 valence electrons. The number of H-pyrrole nitrogens is 1. The Hall–Kier alpha value is -1.95. The molecule has 0 bridgehead atoms. The van der Waals surface area contributed by atoms with Crippen LogP contribution in [-0.4, -0.2) is 15.9 Å². The molecule has 0 fully saturated rings. The molecule has 0 radical (unpaired) electrons. The van der Waals surface area contributed by atoms with Crippen LogP contribution in [0.25, 0.3) is 0 Å². The van der Waals surface area contributed by atoms with E-state index in [0.717, 1.165) is 10.7 Å². The summed E-state index contributed by atoms with van der Waals surface area (Å²) >= 11 is 1.51. The van der Waals surface area contributed by atoms with Gasteiger partial charge in [0.25, 0.3) is 5.91 Å². The number of amides is 1. The molecule has 0 aliphatic rings. The van der Waals surface area contributed by atoms with Gasteiger partial charge in [-0.05, 0) is 13.0 Å². The summed E-state index contributed by atoms with van der Waals surface area (Å²) in [4.78, 5) is 29.2. The van der Waals surface area contributed by atoms with E-state index in [1.165, 1.54) is 29.7 Å². The normalized spacial score (nSPS) is 10.2. The molecule has 1 amide bonds. The minimum Gasteiger partial charge on any atom is -0.345 e. The first kappa shape index (κ1) is 11.5. The van der Waals surface area contributed by atoms with Gasteiger partial charge in [0.15, 0.2) is 0 Å². The molecule has 2 aromatic heterocycles. The van der Waals surface area contributed by atoms with Crippen molar-refractivity contribution in [3.63, 3.8) is 0 Å². The first-order valence-electron chi connectivity index (χ1n) is 5.03. The van der Waals surface area contributed by atoms with E-state index < -0.39 is 0 Å². The molecule has 2 rings (SSSR count). The van der Waals surface area contributed by atoms with Crippen molar-refractivity contribution in [3.05, 3.63) is 50.3 Å². The summed E-state index contributed by atoms with van der Waals surface area (Å²) in [7, 11) is 0. The Balaban J connectivity index is 1.98. The van der Waals surface area contributed by atoms with Gasteiger partial charge in [-0.2, -0.15) is 0 Å². The average Bonchev–Trinajstić information content (AvgIpc) is 2.73. The van der Waals surface area contributed by atoms with Crippen LogP contribution in [0, 0.1) is 6.92 Å². The van der Waals surface area contributed by atoms with Crippen molar-refractivity contribution >= 4 is 17.2 Å². The number of thiazole rings is 1. The number of aromatic nitrogens is 2. The molecular formula is C11H11N3O2S. The van der Waals surface area contributed by atoms with Gasteiger partial charge < -0.3 is 10.3 Å². The van der Waals surface area contributed by atoms with Crippen LogP contribution in [0.4, 0.5) is 0 Å². The summed E-state index contributed by atoms with van der Waals surface area (Å²) in [6, 6.07) is 2.81.